The Morgan fingerprint density at radius 3 is 2.38 bits per heavy atom. The van der Waals surface area contributed by atoms with E-state index >= 15 is 0 Å². The van der Waals surface area contributed by atoms with Crippen molar-refractivity contribution in [1.82, 2.24) is 5.32 Å². The van der Waals surface area contributed by atoms with Crippen molar-refractivity contribution in [3.8, 4) is 0 Å². The minimum absolute atomic E-state index is 0.0255. The SMILES string of the molecule is C=C[C@H]1C[C@]1(NC(=O)OC(C)(C)C)C(C)=O. The van der Waals surface area contributed by atoms with E-state index in [2.05, 4.69) is 11.9 Å². The van der Waals surface area contributed by atoms with Crippen LogP contribution in [-0.4, -0.2) is 23.0 Å². The van der Waals surface area contributed by atoms with Crippen molar-refractivity contribution in [1.29, 1.82) is 0 Å². The molecular formula is C12H19NO3. The van der Waals surface area contributed by atoms with E-state index in [4.69, 9.17) is 4.74 Å². The number of amides is 1. The molecule has 0 aromatic rings. The molecule has 1 amide bonds. The Morgan fingerprint density at radius 1 is 1.50 bits per heavy atom. The molecule has 0 saturated heterocycles. The van der Waals surface area contributed by atoms with Gasteiger partial charge in [0.2, 0.25) is 0 Å². The van der Waals surface area contributed by atoms with Gasteiger partial charge in [-0.25, -0.2) is 4.79 Å². The van der Waals surface area contributed by atoms with E-state index in [-0.39, 0.29) is 11.7 Å². The quantitative estimate of drug-likeness (QED) is 0.748. The van der Waals surface area contributed by atoms with Gasteiger partial charge in [-0.1, -0.05) is 6.08 Å². The summed E-state index contributed by atoms with van der Waals surface area (Å²) in [4.78, 5) is 23.0. The molecule has 4 heteroatoms. The van der Waals surface area contributed by atoms with Crippen molar-refractivity contribution in [2.24, 2.45) is 5.92 Å². The number of carbonyl (C=O) groups excluding carboxylic acids is 2. The molecule has 1 N–H and O–H groups in total. The van der Waals surface area contributed by atoms with Crippen molar-refractivity contribution >= 4 is 11.9 Å². The summed E-state index contributed by atoms with van der Waals surface area (Å²) in [6.07, 6.45) is 1.76. The molecule has 4 nitrogen and oxygen atoms in total. The lowest BCUT2D eigenvalue weighted by Gasteiger charge is -2.22. The van der Waals surface area contributed by atoms with Crippen LogP contribution in [-0.2, 0) is 9.53 Å². The smallest absolute Gasteiger partial charge is 0.408 e. The van der Waals surface area contributed by atoms with E-state index in [0.29, 0.717) is 6.42 Å². The summed E-state index contributed by atoms with van der Waals surface area (Å²) < 4.78 is 5.12. The van der Waals surface area contributed by atoms with Crippen LogP contribution in [0.25, 0.3) is 0 Å². The molecule has 0 aliphatic heterocycles. The lowest BCUT2D eigenvalue weighted by Crippen LogP contribution is -2.46. The van der Waals surface area contributed by atoms with Gasteiger partial charge in [0.05, 0.1) is 0 Å². The van der Waals surface area contributed by atoms with Crippen LogP contribution in [0, 0.1) is 5.92 Å². The van der Waals surface area contributed by atoms with Gasteiger partial charge in [0.25, 0.3) is 0 Å². The number of ether oxygens (including phenoxy) is 1. The fourth-order valence-corrected chi connectivity index (χ4v) is 1.69. The number of Topliss-reactive ketones (excluding diaryl/α,β-unsaturated/α-hetero) is 1. The molecule has 0 bridgehead atoms. The Bertz CT molecular complexity index is 330. The van der Waals surface area contributed by atoms with Crippen LogP contribution in [0.5, 0.6) is 0 Å². The maximum atomic E-state index is 11.6. The topological polar surface area (TPSA) is 55.4 Å². The van der Waals surface area contributed by atoms with Crippen LogP contribution in [0.1, 0.15) is 34.1 Å². The maximum absolute atomic E-state index is 11.6. The molecule has 0 unspecified atom stereocenters. The van der Waals surface area contributed by atoms with Gasteiger partial charge in [0.15, 0.2) is 5.78 Å². The highest BCUT2D eigenvalue weighted by molar-refractivity contribution is 5.93. The Balaban J connectivity index is 2.63. The molecule has 90 valence electrons. The van der Waals surface area contributed by atoms with E-state index in [1.807, 2.05) is 0 Å². The number of hydrogen-bond donors (Lipinski definition) is 1. The molecule has 1 aliphatic carbocycles. The molecule has 2 atom stereocenters. The molecule has 0 heterocycles. The lowest BCUT2D eigenvalue weighted by atomic mass is 10.1. The van der Waals surface area contributed by atoms with Crippen LogP contribution < -0.4 is 5.32 Å². The summed E-state index contributed by atoms with van der Waals surface area (Å²) in [6.45, 7) is 10.5. The number of hydrogen-bond acceptors (Lipinski definition) is 3. The maximum Gasteiger partial charge on any atom is 0.408 e. The van der Waals surface area contributed by atoms with Gasteiger partial charge in [-0.15, -0.1) is 6.58 Å². The molecule has 0 aromatic carbocycles. The number of nitrogens with one attached hydrogen (secondary N) is 1. The van der Waals surface area contributed by atoms with E-state index in [1.54, 1.807) is 26.8 Å². The molecule has 0 spiro atoms. The van der Waals surface area contributed by atoms with E-state index < -0.39 is 17.2 Å². The van der Waals surface area contributed by atoms with Gasteiger partial charge < -0.3 is 10.1 Å². The predicted molar refractivity (Wildman–Crippen MR) is 61.1 cm³/mol. The third kappa shape index (κ3) is 2.62. The Morgan fingerprint density at radius 2 is 2.06 bits per heavy atom. The number of alkyl carbamates (subject to hydrolysis) is 1. The summed E-state index contributed by atoms with van der Waals surface area (Å²) >= 11 is 0. The van der Waals surface area contributed by atoms with Gasteiger partial charge >= 0.3 is 6.09 Å². The van der Waals surface area contributed by atoms with E-state index in [9.17, 15) is 9.59 Å². The minimum Gasteiger partial charge on any atom is -0.444 e. The van der Waals surface area contributed by atoms with Gasteiger partial charge in [-0.05, 0) is 34.1 Å². The van der Waals surface area contributed by atoms with Crippen LogP contribution in [0.2, 0.25) is 0 Å². The van der Waals surface area contributed by atoms with Crippen LogP contribution >= 0.6 is 0 Å². The van der Waals surface area contributed by atoms with Crippen molar-refractivity contribution in [2.75, 3.05) is 0 Å². The summed E-state index contributed by atoms with van der Waals surface area (Å²) in [5, 5.41) is 2.64. The first kappa shape index (κ1) is 12.7. The zero-order chi connectivity index (χ0) is 12.6. The number of rotatable bonds is 3. The Kier molecular flexibility index (Phi) is 3.13. The number of carbonyl (C=O) groups is 2. The molecule has 16 heavy (non-hydrogen) atoms. The van der Waals surface area contributed by atoms with Gasteiger partial charge in [0.1, 0.15) is 11.1 Å². The van der Waals surface area contributed by atoms with Crippen molar-refractivity contribution in [3.05, 3.63) is 12.7 Å². The Labute approximate surface area is 96.0 Å². The summed E-state index contributed by atoms with van der Waals surface area (Å²) in [7, 11) is 0. The highest BCUT2D eigenvalue weighted by Crippen LogP contribution is 2.45. The predicted octanol–water partition coefficient (Wildman–Crippen LogP) is 2.04. The van der Waals surface area contributed by atoms with Crippen molar-refractivity contribution < 1.29 is 14.3 Å². The molecule has 1 rings (SSSR count). The normalized spacial score (nSPS) is 28.1. The highest BCUT2D eigenvalue weighted by atomic mass is 16.6. The van der Waals surface area contributed by atoms with E-state index in [1.165, 1.54) is 6.92 Å². The fourth-order valence-electron chi connectivity index (χ4n) is 1.69. The minimum atomic E-state index is -0.774. The first-order valence-corrected chi connectivity index (χ1v) is 5.36. The molecule has 1 saturated carbocycles. The molecule has 1 aliphatic rings. The second-order valence-corrected chi connectivity index (χ2v) is 5.20. The average molecular weight is 225 g/mol. The summed E-state index contributed by atoms with van der Waals surface area (Å²) in [5.41, 5.74) is -1.33. The van der Waals surface area contributed by atoms with E-state index in [0.717, 1.165) is 0 Å². The monoisotopic (exact) mass is 225 g/mol. The highest BCUT2D eigenvalue weighted by Gasteiger charge is 2.58. The fraction of sp³-hybridized carbons (Fsp3) is 0.667. The Hall–Kier alpha value is -1.32. The standard InChI is InChI=1S/C12H19NO3/c1-6-9-7-12(9,8(2)14)13-10(15)16-11(3,4)5/h6,9H,1,7H2,2-5H3,(H,13,15)/t9-,12-/m0/s1. The summed E-state index contributed by atoms with van der Waals surface area (Å²) in [5.74, 6) is -0.0271. The molecular weight excluding hydrogens is 206 g/mol. The third-order valence-corrected chi connectivity index (χ3v) is 2.65. The second-order valence-electron chi connectivity index (χ2n) is 5.20. The van der Waals surface area contributed by atoms with Crippen LogP contribution in [0.3, 0.4) is 0 Å². The van der Waals surface area contributed by atoms with Gasteiger partial charge in [-0.3, -0.25) is 4.79 Å². The average Bonchev–Trinajstić information content (AvgIpc) is 2.76. The van der Waals surface area contributed by atoms with Crippen LogP contribution in [0.4, 0.5) is 4.79 Å². The van der Waals surface area contributed by atoms with Gasteiger partial charge in [0, 0.05) is 5.92 Å². The zero-order valence-electron chi connectivity index (χ0n) is 10.3. The largest absolute Gasteiger partial charge is 0.444 e. The molecule has 0 aromatic heterocycles. The number of ketones is 1. The van der Waals surface area contributed by atoms with Gasteiger partial charge in [-0.2, -0.15) is 0 Å². The van der Waals surface area contributed by atoms with Crippen LogP contribution in [0.15, 0.2) is 12.7 Å². The third-order valence-electron chi connectivity index (χ3n) is 2.65. The summed E-state index contributed by atoms with van der Waals surface area (Å²) in [6, 6.07) is 0. The van der Waals surface area contributed by atoms with Crippen molar-refractivity contribution in [2.45, 2.75) is 45.3 Å². The lowest BCUT2D eigenvalue weighted by molar-refractivity contribution is -0.120. The first-order chi connectivity index (χ1) is 7.21. The molecule has 0 radical (unpaired) electrons. The first-order valence-electron chi connectivity index (χ1n) is 5.36. The second kappa shape index (κ2) is 3.92. The zero-order valence-corrected chi connectivity index (χ0v) is 10.3. The van der Waals surface area contributed by atoms with Crippen molar-refractivity contribution in [3.63, 3.8) is 0 Å². The molecule has 1 fully saturated rings.